The van der Waals surface area contributed by atoms with Crippen LogP contribution in [0.4, 0.5) is 0 Å². The van der Waals surface area contributed by atoms with Gasteiger partial charge in [-0.2, -0.15) is 0 Å². The highest BCUT2D eigenvalue weighted by atomic mass is 16.3. The Morgan fingerprint density at radius 1 is 1.16 bits per heavy atom. The first-order chi connectivity index (χ1) is 11.6. The van der Waals surface area contributed by atoms with Gasteiger partial charge in [0.2, 0.25) is 0 Å². The first kappa shape index (κ1) is 18.0. The van der Waals surface area contributed by atoms with Gasteiger partial charge in [-0.25, -0.2) is 0 Å². The highest BCUT2D eigenvalue weighted by molar-refractivity contribution is 5.27. The maximum absolute atomic E-state index is 11.3. The van der Waals surface area contributed by atoms with Crippen molar-refractivity contribution in [3.8, 4) is 0 Å². The lowest BCUT2D eigenvalue weighted by atomic mass is 9.46. The fourth-order valence-electron chi connectivity index (χ4n) is 7.50. The van der Waals surface area contributed by atoms with E-state index in [9.17, 15) is 20.4 Å². The molecule has 0 bridgehead atoms. The average Bonchev–Trinajstić information content (AvgIpc) is 2.80. The SMILES string of the molecule is C[C@@H](O)[C@]1(O)CC[C@H]2[C@@H]3CC=C4C[C@@H](O)CC[C@]4(C)[C@H]3[C@@H](O)C[C@@]21C. The minimum Gasteiger partial charge on any atom is -0.393 e. The van der Waals surface area contributed by atoms with Crippen LogP contribution in [0.3, 0.4) is 0 Å². The molecule has 0 aromatic carbocycles. The average molecular weight is 350 g/mol. The number of rotatable bonds is 1. The van der Waals surface area contributed by atoms with Gasteiger partial charge in [0.05, 0.1) is 23.9 Å². The topological polar surface area (TPSA) is 80.9 Å². The lowest BCUT2D eigenvalue weighted by molar-refractivity contribution is -0.197. The van der Waals surface area contributed by atoms with E-state index in [4.69, 9.17) is 0 Å². The first-order valence-electron chi connectivity index (χ1n) is 10.1. The standard InChI is InChI=1S/C21H34O4/c1-12(22)21(25)9-7-16-15-5-4-13-10-14(23)6-8-19(13,2)18(15)17(24)11-20(16,21)3/h4,12,14-18,22-25H,5-11H2,1-3H3/t12-,14+,15+,16+,17+,18-,19+,20+,21-/m1/s1. The summed E-state index contributed by atoms with van der Waals surface area (Å²) in [4.78, 5) is 0. The van der Waals surface area contributed by atoms with Crippen molar-refractivity contribution in [1.82, 2.24) is 0 Å². The second-order valence-electron chi connectivity index (χ2n) is 9.90. The van der Waals surface area contributed by atoms with Crippen molar-refractivity contribution < 1.29 is 20.4 Å². The molecule has 25 heavy (non-hydrogen) atoms. The van der Waals surface area contributed by atoms with Gasteiger partial charge in [-0.15, -0.1) is 0 Å². The molecule has 0 heterocycles. The molecule has 4 N–H and O–H groups in total. The molecule has 3 saturated carbocycles. The molecule has 0 saturated heterocycles. The summed E-state index contributed by atoms with van der Waals surface area (Å²) in [6.45, 7) is 6.06. The highest BCUT2D eigenvalue weighted by Crippen LogP contribution is 2.67. The molecule has 0 radical (unpaired) electrons. The summed E-state index contributed by atoms with van der Waals surface area (Å²) in [7, 11) is 0. The van der Waals surface area contributed by atoms with E-state index in [2.05, 4.69) is 19.9 Å². The summed E-state index contributed by atoms with van der Waals surface area (Å²) >= 11 is 0. The molecular weight excluding hydrogens is 316 g/mol. The maximum atomic E-state index is 11.3. The van der Waals surface area contributed by atoms with Crippen LogP contribution in [0.15, 0.2) is 11.6 Å². The van der Waals surface area contributed by atoms with Gasteiger partial charge in [0.15, 0.2) is 0 Å². The third kappa shape index (κ3) is 2.20. The minimum absolute atomic E-state index is 0.0333. The molecule has 142 valence electrons. The Morgan fingerprint density at radius 3 is 2.56 bits per heavy atom. The Balaban J connectivity index is 1.73. The van der Waals surface area contributed by atoms with Gasteiger partial charge < -0.3 is 20.4 Å². The summed E-state index contributed by atoms with van der Waals surface area (Å²) in [6.07, 6.45) is 6.36. The second-order valence-corrected chi connectivity index (χ2v) is 9.90. The second kappa shape index (κ2) is 5.54. The van der Waals surface area contributed by atoms with Crippen LogP contribution in [0.25, 0.3) is 0 Å². The van der Waals surface area contributed by atoms with Crippen LogP contribution in [0.5, 0.6) is 0 Å². The molecule has 3 fully saturated rings. The van der Waals surface area contributed by atoms with Gasteiger partial charge in [-0.05, 0) is 75.0 Å². The molecule has 0 amide bonds. The molecule has 4 heteroatoms. The quantitative estimate of drug-likeness (QED) is 0.548. The maximum Gasteiger partial charge on any atom is 0.0959 e. The van der Waals surface area contributed by atoms with Gasteiger partial charge in [0, 0.05) is 5.41 Å². The molecule has 4 aliphatic rings. The highest BCUT2D eigenvalue weighted by Gasteiger charge is 2.67. The van der Waals surface area contributed by atoms with Crippen molar-refractivity contribution in [3.05, 3.63) is 11.6 Å². The fraction of sp³-hybridized carbons (Fsp3) is 0.905. The van der Waals surface area contributed by atoms with Crippen molar-refractivity contribution in [2.24, 2.45) is 28.6 Å². The first-order valence-corrected chi connectivity index (χ1v) is 10.1. The number of hydrogen-bond acceptors (Lipinski definition) is 4. The Kier molecular flexibility index (Phi) is 3.98. The fourth-order valence-corrected chi connectivity index (χ4v) is 7.50. The van der Waals surface area contributed by atoms with Gasteiger partial charge in [-0.1, -0.05) is 25.5 Å². The van der Waals surface area contributed by atoms with Crippen molar-refractivity contribution in [3.63, 3.8) is 0 Å². The summed E-state index contributed by atoms with van der Waals surface area (Å²) in [5.74, 6) is 0.891. The zero-order chi connectivity index (χ0) is 18.2. The van der Waals surface area contributed by atoms with Crippen LogP contribution in [-0.4, -0.2) is 44.3 Å². The van der Waals surface area contributed by atoms with E-state index in [1.54, 1.807) is 6.92 Å². The van der Waals surface area contributed by atoms with Gasteiger partial charge in [0.1, 0.15) is 0 Å². The van der Waals surface area contributed by atoms with Crippen molar-refractivity contribution in [1.29, 1.82) is 0 Å². The predicted molar refractivity (Wildman–Crippen MR) is 95.7 cm³/mol. The Labute approximate surface area is 151 Å². The summed E-state index contributed by atoms with van der Waals surface area (Å²) in [6, 6.07) is 0. The summed E-state index contributed by atoms with van der Waals surface area (Å²) in [5.41, 5.74) is -0.234. The Morgan fingerprint density at radius 2 is 1.88 bits per heavy atom. The van der Waals surface area contributed by atoms with Crippen LogP contribution in [0, 0.1) is 28.6 Å². The van der Waals surface area contributed by atoms with Crippen LogP contribution in [0.2, 0.25) is 0 Å². The molecule has 0 unspecified atom stereocenters. The smallest absolute Gasteiger partial charge is 0.0959 e. The monoisotopic (exact) mass is 350 g/mol. The third-order valence-corrected chi connectivity index (χ3v) is 8.92. The van der Waals surface area contributed by atoms with E-state index in [-0.39, 0.29) is 17.4 Å². The van der Waals surface area contributed by atoms with Crippen LogP contribution in [-0.2, 0) is 0 Å². The number of aliphatic hydroxyl groups is 4. The van der Waals surface area contributed by atoms with E-state index in [1.807, 2.05) is 0 Å². The molecule has 4 nitrogen and oxygen atoms in total. The van der Waals surface area contributed by atoms with Crippen molar-refractivity contribution in [2.75, 3.05) is 0 Å². The van der Waals surface area contributed by atoms with Gasteiger partial charge >= 0.3 is 0 Å². The third-order valence-electron chi connectivity index (χ3n) is 8.92. The Hall–Kier alpha value is -0.420. The van der Waals surface area contributed by atoms with Crippen LogP contribution < -0.4 is 0 Å². The predicted octanol–water partition coefficient (Wildman–Crippen LogP) is 2.39. The lowest BCUT2D eigenvalue weighted by Gasteiger charge is -2.60. The number of allylic oxidation sites excluding steroid dienone is 1. The summed E-state index contributed by atoms with van der Waals surface area (Å²) in [5, 5.41) is 42.8. The molecular formula is C21H34O4. The molecule has 4 rings (SSSR count). The normalized spacial score (nSPS) is 56.4. The van der Waals surface area contributed by atoms with E-state index in [0.29, 0.717) is 24.7 Å². The van der Waals surface area contributed by atoms with Crippen LogP contribution >= 0.6 is 0 Å². The van der Waals surface area contributed by atoms with E-state index < -0.39 is 23.2 Å². The molecule has 0 aliphatic heterocycles. The van der Waals surface area contributed by atoms with Crippen molar-refractivity contribution >= 4 is 0 Å². The molecule has 0 aromatic rings. The molecule has 0 aromatic heterocycles. The largest absolute Gasteiger partial charge is 0.393 e. The van der Waals surface area contributed by atoms with Gasteiger partial charge in [-0.3, -0.25) is 0 Å². The van der Waals surface area contributed by atoms with Gasteiger partial charge in [0.25, 0.3) is 0 Å². The molecule has 9 atom stereocenters. The number of aliphatic hydroxyl groups excluding tert-OH is 3. The molecule has 4 aliphatic carbocycles. The van der Waals surface area contributed by atoms with Crippen molar-refractivity contribution in [2.45, 2.75) is 89.6 Å². The number of hydrogen-bond donors (Lipinski definition) is 4. The zero-order valence-electron chi connectivity index (χ0n) is 15.8. The minimum atomic E-state index is -1.10. The van der Waals surface area contributed by atoms with Crippen LogP contribution in [0.1, 0.15) is 65.7 Å². The van der Waals surface area contributed by atoms with E-state index in [0.717, 1.165) is 32.1 Å². The number of fused-ring (bicyclic) bond motifs is 5. The Bertz CT molecular complexity index is 586. The van der Waals surface area contributed by atoms with E-state index in [1.165, 1.54) is 5.57 Å². The zero-order valence-corrected chi connectivity index (χ0v) is 15.8. The molecule has 0 spiro atoms. The lowest BCUT2D eigenvalue weighted by Crippen LogP contribution is -2.62. The van der Waals surface area contributed by atoms with E-state index >= 15 is 0 Å². The summed E-state index contributed by atoms with van der Waals surface area (Å²) < 4.78 is 0.